The van der Waals surface area contributed by atoms with Crippen molar-refractivity contribution in [1.29, 1.82) is 0 Å². The Labute approximate surface area is 865 Å². The molecule has 1 spiro atoms. The summed E-state index contributed by atoms with van der Waals surface area (Å²) in [4.78, 5) is 3.95. The van der Waals surface area contributed by atoms with E-state index in [0.29, 0.717) is 0 Å². The Morgan fingerprint density at radius 3 is 1.09 bits per heavy atom. The standard InChI is InChI=1S/C10H12.2C9H10.C8H15NO.C8H9N.C8H8O.C8H14.C7H7NS.2C7H13N.C7H12.2C6H11N.C6H12.C5H11N.C5H10O.11CH4/c1-2-6-10-8-4-3-7-9(10)5-1;2*1-2-5-9-7-3-6-8(9)4-1;1-2-4-9-5-6-10-7-8(9)3-1;2*1-2-4-8-7(3-1)5-6-9-8;1-2-8-5-3-7(1)4-6-8;1-2-4-7-6(3-1)5-8-9-7;1-3-7-4-2-6(1)5-8-7;1-2-6-4-5-7(3-1)8-6;1-2-7-4-3-6(1)5-7;1-2-6-3-5(1)4-7-6;1-2-6(3-1)4-7-5-6;3*1-2-4-6-5-3-1;;;;;;;;;;;/h1-2,5-6H,3-4,7-8H2;2*1-2,4-5H,3,6-7H2;8H,1-7H2;1-4,9H,5-6H2;1-4H,5-6H2;7-8H,1-6H2;1-4,8H,5H2;2*6-8H,1-5H2;6-7H,1-5H2;5-7H,1-4H2;7H,1-5H2;1-6H2;6H,1-5H2;1-5H2;11*1H4. The van der Waals surface area contributed by atoms with Gasteiger partial charge >= 0.3 is 0 Å². The molecule has 5 unspecified atom stereocenters. The van der Waals surface area contributed by atoms with Gasteiger partial charge in [-0.3, -0.25) is 9.62 Å². The van der Waals surface area contributed by atoms with Crippen LogP contribution in [-0.4, -0.2) is 127 Å². The lowest BCUT2D eigenvalue weighted by Gasteiger charge is -2.49. The smallest absolute Gasteiger partial charge is 0.122 e. The maximum Gasteiger partial charge on any atom is 0.122 e. The Bertz CT molecular complexity index is 3260. The fourth-order valence-corrected chi connectivity index (χ4v) is 24.9. The lowest BCUT2D eigenvalue weighted by molar-refractivity contribution is -0.0231. The largest absolute Gasteiger partial charge is 0.493 e. The summed E-state index contributed by atoms with van der Waals surface area (Å²) in [5, 5.41) is 20.5. The molecule has 12 aliphatic carbocycles. The maximum absolute atomic E-state index is 5.40. The number of fused-ring (bicyclic) bond motifs is 19. The zero-order valence-corrected chi connectivity index (χ0v) is 81.2. The minimum Gasteiger partial charge on any atom is -0.493 e. The van der Waals surface area contributed by atoms with Crippen LogP contribution in [0.3, 0.4) is 0 Å². The first-order chi connectivity index (χ1) is 63.4. The van der Waals surface area contributed by atoms with Crippen molar-refractivity contribution >= 4 is 17.6 Å². The van der Waals surface area contributed by atoms with Crippen molar-refractivity contribution in [3.05, 3.63) is 196 Å². The Morgan fingerprint density at radius 2 is 0.741 bits per heavy atom. The van der Waals surface area contributed by atoms with Crippen LogP contribution in [0.2, 0.25) is 0 Å². The highest BCUT2D eigenvalue weighted by Crippen LogP contribution is 2.45. The van der Waals surface area contributed by atoms with Gasteiger partial charge in [0.25, 0.3) is 0 Å². The van der Waals surface area contributed by atoms with Crippen LogP contribution in [0.4, 0.5) is 5.69 Å². The van der Waals surface area contributed by atoms with E-state index in [9.17, 15) is 0 Å². The molecule has 139 heavy (non-hydrogen) atoms. The van der Waals surface area contributed by atoms with Gasteiger partial charge in [0.2, 0.25) is 0 Å². The fourth-order valence-electron chi connectivity index (χ4n) is 24.1. The number of nitrogens with zero attached hydrogens (tertiary/aromatic N) is 1. The molecule has 0 aromatic heterocycles. The Hall–Kier alpha value is -5.09. The quantitative estimate of drug-likeness (QED) is 0.0735. The third-order valence-electron chi connectivity index (χ3n) is 32.6. The predicted octanol–water partition coefficient (Wildman–Crippen LogP) is 32.9. The van der Waals surface area contributed by atoms with Crippen LogP contribution in [-0.2, 0) is 67.4 Å². The van der Waals surface area contributed by atoms with Gasteiger partial charge < -0.3 is 46.1 Å². The molecule has 25 aliphatic rings. The molecule has 794 valence electrons. The minimum absolute atomic E-state index is 0. The van der Waals surface area contributed by atoms with E-state index in [4.69, 9.17) is 14.2 Å². The number of hydrogen-bond donors (Lipinski definition) is 7. The summed E-state index contributed by atoms with van der Waals surface area (Å²) in [7, 11) is 0. The maximum atomic E-state index is 5.40. The number of aryl methyl sites for hydroxylation is 6. The van der Waals surface area contributed by atoms with Crippen molar-refractivity contribution in [1.82, 2.24) is 36.2 Å². The van der Waals surface area contributed by atoms with Gasteiger partial charge in [-0.25, -0.2) is 0 Å². The van der Waals surface area contributed by atoms with Crippen molar-refractivity contribution in [3.63, 3.8) is 0 Å². The van der Waals surface area contributed by atoms with E-state index in [0.717, 1.165) is 118 Å². The third kappa shape index (κ3) is 45.8. The van der Waals surface area contributed by atoms with Gasteiger partial charge in [0.1, 0.15) is 5.75 Å². The SMILES string of the molecule is C.C.C.C.C.C.C.C.C.C.C.C1CC2(C1)CNC2.C1CC2CC1CN2.C1CC2CCC(C1)N2.C1CC2CCC1C2.C1CC2CCC1CC2.C1CC2CCC1CN2.C1CCCCC1.C1CCN2CCOCC2C1.C1CCNCC1.C1CCOCC1.c1ccc2c(c1)CCC2.c1ccc2c(c1)CCC2.c1ccc2c(c1)CCCC2.c1ccc2c(c1)CCN2.c1ccc2c(c1)CCO2.c1ccc2c(c1)CNS2. The van der Waals surface area contributed by atoms with Gasteiger partial charge in [-0.05, 0) is 359 Å². The fraction of sp³-hybridized carbons (Fsp3) is 0.717. The van der Waals surface area contributed by atoms with Gasteiger partial charge in [0.05, 0.1) is 19.8 Å². The molecule has 11 nitrogen and oxygen atoms in total. The van der Waals surface area contributed by atoms with Crippen molar-refractivity contribution in [2.75, 3.05) is 97.3 Å². The highest BCUT2D eigenvalue weighted by atomic mass is 32.2. The van der Waals surface area contributed by atoms with Gasteiger partial charge in [0, 0.05) is 93.2 Å². The van der Waals surface area contributed by atoms with Crippen molar-refractivity contribution in [2.45, 2.75) is 464 Å². The number of piperidine rings is 6. The number of ether oxygens (including phenoxy) is 3. The number of para-hydroxylation sites is 2. The van der Waals surface area contributed by atoms with E-state index in [2.05, 4.69) is 169 Å². The second-order valence-corrected chi connectivity index (χ2v) is 43.1. The number of benzene rings is 6. The zero-order valence-electron chi connectivity index (χ0n) is 80.4. The molecule has 19 fully saturated rings. The lowest BCUT2D eigenvalue weighted by atomic mass is 9.65. The molecular weight excluding hydrogens is 1720 g/mol. The Balaban J connectivity index is 0.000000380. The summed E-state index contributed by atoms with van der Waals surface area (Å²) in [6.07, 6.45) is 76.1. The summed E-state index contributed by atoms with van der Waals surface area (Å²) in [5.41, 5.74) is 15.8. The number of rotatable bonds is 0. The molecule has 10 saturated heterocycles. The molecule has 13 aliphatic heterocycles. The van der Waals surface area contributed by atoms with Crippen molar-refractivity contribution in [3.8, 4) is 5.75 Å². The number of anilines is 1. The van der Waals surface area contributed by atoms with Crippen LogP contribution < -0.4 is 41.4 Å². The van der Waals surface area contributed by atoms with E-state index in [-0.39, 0.29) is 81.7 Å². The summed E-state index contributed by atoms with van der Waals surface area (Å²) in [6, 6.07) is 55.8. The number of hydrogen-bond acceptors (Lipinski definition) is 12. The van der Waals surface area contributed by atoms with Crippen LogP contribution in [0, 0.1) is 40.9 Å². The first-order valence-electron chi connectivity index (χ1n) is 54.2. The minimum atomic E-state index is 0. The van der Waals surface area contributed by atoms with Gasteiger partial charge in [0.15, 0.2) is 0 Å². The molecule has 6 aromatic carbocycles. The number of nitrogens with one attached hydrogen (secondary N) is 7. The van der Waals surface area contributed by atoms with Crippen LogP contribution in [0.25, 0.3) is 0 Å². The zero-order chi connectivity index (χ0) is 87.2. The van der Waals surface area contributed by atoms with Gasteiger partial charge in [-0.15, -0.1) is 0 Å². The molecule has 10 bridgehead atoms. The molecule has 9 saturated carbocycles. The molecular formula is C127H222N8O3S. The van der Waals surface area contributed by atoms with E-state index < -0.39 is 0 Å². The second kappa shape index (κ2) is 74.7. The van der Waals surface area contributed by atoms with Crippen LogP contribution in [0.1, 0.15) is 421 Å². The van der Waals surface area contributed by atoms with E-state index in [1.807, 2.05) is 18.2 Å². The molecule has 5 atom stereocenters. The highest BCUT2D eigenvalue weighted by Gasteiger charge is 2.42. The Kier molecular flexibility index (Phi) is 68.9. The highest BCUT2D eigenvalue weighted by molar-refractivity contribution is 7.97. The summed E-state index contributed by atoms with van der Waals surface area (Å²) < 4.78 is 19.0. The topological polar surface area (TPSA) is 115 Å². The number of morpholine rings is 1. The summed E-state index contributed by atoms with van der Waals surface area (Å²) in [5.74, 6) is 7.82. The molecule has 0 radical (unpaired) electrons. The summed E-state index contributed by atoms with van der Waals surface area (Å²) in [6.45, 7) is 17.2. The average molecular weight is 1940 g/mol. The molecule has 13 heterocycles. The average Bonchev–Trinajstić information content (AvgIpc) is 0.906. The Morgan fingerprint density at radius 1 is 0.295 bits per heavy atom. The third-order valence-corrected chi connectivity index (χ3v) is 33.5. The first-order valence-corrected chi connectivity index (χ1v) is 55.0. The van der Waals surface area contributed by atoms with Crippen LogP contribution in [0.5, 0.6) is 5.75 Å². The molecule has 0 amide bonds. The molecule has 12 heteroatoms. The van der Waals surface area contributed by atoms with Gasteiger partial charge in [-0.2, -0.15) is 0 Å². The molecule has 31 rings (SSSR count). The first kappa shape index (κ1) is 128. The van der Waals surface area contributed by atoms with Crippen molar-refractivity contribution in [2.24, 2.45) is 40.9 Å². The van der Waals surface area contributed by atoms with Gasteiger partial charge in [-0.1, -0.05) is 338 Å². The normalized spacial score (nSPS) is 26.1. The van der Waals surface area contributed by atoms with Crippen LogP contribution in [0.15, 0.2) is 150 Å². The predicted molar refractivity (Wildman–Crippen MR) is 617 cm³/mol. The van der Waals surface area contributed by atoms with E-state index in [1.165, 1.54) is 355 Å². The molecule has 6 aromatic rings. The van der Waals surface area contributed by atoms with Crippen LogP contribution >= 0.6 is 11.9 Å². The van der Waals surface area contributed by atoms with E-state index in [1.54, 1.807) is 116 Å². The van der Waals surface area contributed by atoms with Crippen molar-refractivity contribution < 1.29 is 14.2 Å². The lowest BCUT2D eigenvalue weighted by Crippen LogP contribution is -2.57. The molecule has 7 N–H and O–H groups in total. The van der Waals surface area contributed by atoms with E-state index >= 15 is 0 Å². The summed E-state index contributed by atoms with van der Waals surface area (Å²) >= 11 is 1.72. The monoisotopic (exact) mass is 1940 g/mol. The second-order valence-electron chi connectivity index (χ2n) is 42.2.